The Labute approximate surface area is 175 Å². The van der Waals surface area contributed by atoms with Crippen molar-refractivity contribution in [2.45, 2.75) is 18.3 Å². The normalized spacial score (nSPS) is 14.4. The van der Waals surface area contributed by atoms with Gasteiger partial charge in [0.1, 0.15) is 17.4 Å². The predicted octanol–water partition coefficient (Wildman–Crippen LogP) is 4.06. The van der Waals surface area contributed by atoms with Gasteiger partial charge in [-0.3, -0.25) is 14.8 Å². The van der Waals surface area contributed by atoms with Crippen molar-refractivity contribution < 1.29 is 23.8 Å². The van der Waals surface area contributed by atoms with E-state index in [0.29, 0.717) is 5.69 Å². The number of aromatic hydroxyl groups is 1. The molecule has 6 nitrogen and oxygen atoms in total. The standard InChI is InChI=1S/C21H16ClF2N3O3/c22-13-2-1-3-14(23)19(13)27-20(30)12-6-15(24)11(7-17(12)29)16-8-26-18(9-25-16)21(10-28)4-5-21/h1-3,6-9,28-29H,4-5,10H2,(H,27,30). The first-order valence-electron chi connectivity index (χ1n) is 9.06. The largest absolute Gasteiger partial charge is 0.507 e. The fraction of sp³-hybridized carbons (Fsp3) is 0.190. The number of rotatable bonds is 5. The molecule has 154 valence electrons. The van der Waals surface area contributed by atoms with Gasteiger partial charge in [-0.05, 0) is 37.1 Å². The van der Waals surface area contributed by atoms with Crippen LogP contribution in [-0.2, 0) is 5.41 Å². The van der Waals surface area contributed by atoms with Crippen molar-refractivity contribution in [3.05, 3.63) is 70.6 Å². The highest BCUT2D eigenvalue weighted by Gasteiger charge is 2.45. The number of aromatic nitrogens is 2. The van der Waals surface area contributed by atoms with E-state index < -0.39 is 28.9 Å². The molecule has 1 saturated carbocycles. The van der Waals surface area contributed by atoms with E-state index in [-0.39, 0.29) is 34.0 Å². The maximum Gasteiger partial charge on any atom is 0.259 e. The smallest absolute Gasteiger partial charge is 0.259 e. The summed E-state index contributed by atoms with van der Waals surface area (Å²) < 4.78 is 28.6. The fourth-order valence-electron chi connectivity index (χ4n) is 3.13. The molecule has 1 aliphatic rings. The zero-order valence-corrected chi connectivity index (χ0v) is 16.2. The summed E-state index contributed by atoms with van der Waals surface area (Å²) in [6, 6.07) is 5.75. The second-order valence-electron chi connectivity index (χ2n) is 7.13. The lowest BCUT2D eigenvalue weighted by atomic mass is 10.0. The highest BCUT2D eigenvalue weighted by Crippen LogP contribution is 2.46. The van der Waals surface area contributed by atoms with Crippen molar-refractivity contribution in [1.82, 2.24) is 9.97 Å². The summed E-state index contributed by atoms with van der Waals surface area (Å²) in [7, 11) is 0. The maximum absolute atomic E-state index is 14.7. The van der Waals surface area contributed by atoms with Crippen LogP contribution < -0.4 is 5.32 Å². The molecule has 1 aromatic heterocycles. The van der Waals surface area contributed by atoms with E-state index in [4.69, 9.17) is 11.6 Å². The number of hydrogen-bond donors (Lipinski definition) is 3. The summed E-state index contributed by atoms with van der Waals surface area (Å²) in [5.74, 6) is -3.02. The second-order valence-corrected chi connectivity index (χ2v) is 7.53. The summed E-state index contributed by atoms with van der Waals surface area (Å²) in [5.41, 5.74) is -0.312. The molecule has 3 N–H and O–H groups in total. The first kappa shape index (κ1) is 20.2. The molecular weight excluding hydrogens is 416 g/mol. The minimum atomic E-state index is -0.926. The summed E-state index contributed by atoms with van der Waals surface area (Å²) in [5, 5.41) is 21.9. The number of halogens is 3. The number of para-hydroxylation sites is 1. The zero-order chi connectivity index (χ0) is 21.5. The molecule has 1 heterocycles. The van der Waals surface area contributed by atoms with E-state index in [1.165, 1.54) is 24.5 Å². The molecule has 1 fully saturated rings. The van der Waals surface area contributed by atoms with Crippen LogP contribution in [0.1, 0.15) is 28.9 Å². The Morgan fingerprint density at radius 2 is 1.93 bits per heavy atom. The zero-order valence-electron chi connectivity index (χ0n) is 15.5. The third-order valence-corrected chi connectivity index (χ3v) is 5.47. The highest BCUT2D eigenvalue weighted by molar-refractivity contribution is 6.34. The van der Waals surface area contributed by atoms with E-state index in [1.54, 1.807) is 0 Å². The number of carbonyl (C=O) groups excluding carboxylic acids is 1. The number of aliphatic hydroxyl groups is 1. The number of amides is 1. The number of nitrogens with zero attached hydrogens (tertiary/aromatic N) is 2. The Hall–Kier alpha value is -3.10. The lowest BCUT2D eigenvalue weighted by Crippen LogP contribution is -2.15. The quantitative estimate of drug-likeness (QED) is 0.566. The number of aliphatic hydroxyl groups excluding tert-OH is 1. The summed E-state index contributed by atoms with van der Waals surface area (Å²) in [6.07, 6.45) is 4.43. The van der Waals surface area contributed by atoms with Gasteiger partial charge in [0.15, 0.2) is 0 Å². The molecule has 0 aliphatic heterocycles. The van der Waals surface area contributed by atoms with Crippen molar-refractivity contribution in [2.75, 3.05) is 11.9 Å². The van der Waals surface area contributed by atoms with Gasteiger partial charge in [0.2, 0.25) is 0 Å². The number of anilines is 1. The third kappa shape index (κ3) is 3.59. The van der Waals surface area contributed by atoms with E-state index >= 15 is 0 Å². The Kier molecular flexibility index (Phi) is 5.13. The van der Waals surface area contributed by atoms with E-state index in [2.05, 4.69) is 15.3 Å². The molecule has 0 bridgehead atoms. The van der Waals surface area contributed by atoms with Crippen LogP contribution in [0.3, 0.4) is 0 Å². The van der Waals surface area contributed by atoms with E-state index in [0.717, 1.165) is 31.0 Å². The molecule has 2 aromatic carbocycles. The summed E-state index contributed by atoms with van der Waals surface area (Å²) in [4.78, 5) is 20.9. The minimum absolute atomic E-state index is 0.0355. The Balaban J connectivity index is 1.61. The van der Waals surface area contributed by atoms with Gasteiger partial charge >= 0.3 is 0 Å². The first-order chi connectivity index (χ1) is 14.3. The van der Waals surface area contributed by atoms with Crippen molar-refractivity contribution in [3.8, 4) is 17.0 Å². The number of nitrogens with one attached hydrogen (secondary N) is 1. The van der Waals surface area contributed by atoms with Crippen LogP contribution in [0.25, 0.3) is 11.3 Å². The Bertz CT molecular complexity index is 1110. The van der Waals surface area contributed by atoms with Gasteiger partial charge in [-0.2, -0.15) is 0 Å². The van der Waals surface area contributed by atoms with Gasteiger partial charge in [0.05, 0.1) is 40.5 Å². The molecule has 4 rings (SSSR count). The Morgan fingerprint density at radius 3 is 2.53 bits per heavy atom. The molecule has 0 spiro atoms. The number of hydrogen-bond acceptors (Lipinski definition) is 5. The lowest BCUT2D eigenvalue weighted by molar-refractivity contribution is 0.102. The Morgan fingerprint density at radius 1 is 1.17 bits per heavy atom. The first-order valence-corrected chi connectivity index (χ1v) is 9.44. The number of phenolic OH excluding ortho intramolecular Hbond substituents is 1. The van der Waals surface area contributed by atoms with Crippen LogP contribution in [0, 0.1) is 11.6 Å². The van der Waals surface area contributed by atoms with Crippen LogP contribution in [0.15, 0.2) is 42.7 Å². The maximum atomic E-state index is 14.7. The van der Waals surface area contributed by atoms with E-state index in [1.807, 2.05) is 0 Å². The van der Waals surface area contributed by atoms with Crippen LogP contribution in [0.4, 0.5) is 14.5 Å². The van der Waals surface area contributed by atoms with Crippen molar-refractivity contribution in [2.24, 2.45) is 0 Å². The summed E-state index contributed by atoms with van der Waals surface area (Å²) >= 11 is 5.87. The van der Waals surface area contributed by atoms with Crippen LogP contribution >= 0.6 is 11.6 Å². The average molecular weight is 432 g/mol. The lowest BCUT2D eigenvalue weighted by Gasteiger charge is -2.12. The average Bonchev–Trinajstić information content (AvgIpc) is 3.53. The fourth-order valence-corrected chi connectivity index (χ4v) is 3.34. The molecule has 1 amide bonds. The highest BCUT2D eigenvalue weighted by atomic mass is 35.5. The summed E-state index contributed by atoms with van der Waals surface area (Å²) in [6.45, 7) is -0.0357. The van der Waals surface area contributed by atoms with E-state index in [9.17, 15) is 23.8 Å². The molecule has 3 aromatic rings. The molecule has 1 aliphatic carbocycles. The monoisotopic (exact) mass is 431 g/mol. The van der Waals surface area contributed by atoms with Crippen LogP contribution in [0.2, 0.25) is 5.02 Å². The molecule has 9 heteroatoms. The number of carbonyl (C=O) groups is 1. The van der Waals surface area contributed by atoms with Gasteiger partial charge < -0.3 is 15.5 Å². The minimum Gasteiger partial charge on any atom is -0.507 e. The van der Waals surface area contributed by atoms with Crippen molar-refractivity contribution >= 4 is 23.2 Å². The van der Waals surface area contributed by atoms with Crippen LogP contribution in [0.5, 0.6) is 5.75 Å². The molecular formula is C21H16ClF2N3O3. The predicted molar refractivity (Wildman–Crippen MR) is 106 cm³/mol. The molecule has 0 unspecified atom stereocenters. The van der Waals surface area contributed by atoms with Crippen molar-refractivity contribution in [3.63, 3.8) is 0 Å². The molecule has 0 atom stereocenters. The molecule has 0 saturated heterocycles. The number of benzene rings is 2. The topological polar surface area (TPSA) is 95.3 Å². The van der Waals surface area contributed by atoms with Crippen LogP contribution in [-0.4, -0.2) is 32.7 Å². The van der Waals surface area contributed by atoms with Gasteiger partial charge in [0.25, 0.3) is 5.91 Å². The van der Waals surface area contributed by atoms with Crippen molar-refractivity contribution in [1.29, 1.82) is 0 Å². The SMILES string of the molecule is O=C(Nc1c(F)cccc1Cl)c1cc(F)c(-c2cnc(C3(CO)CC3)cn2)cc1O. The molecule has 30 heavy (non-hydrogen) atoms. The van der Waals surface area contributed by atoms with Gasteiger partial charge in [-0.1, -0.05) is 17.7 Å². The number of phenols is 1. The van der Waals surface area contributed by atoms with Gasteiger partial charge in [0, 0.05) is 17.2 Å². The van der Waals surface area contributed by atoms with Gasteiger partial charge in [-0.25, -0.2) is 8.78 Å². The molecule has 0 radical (unpaired) electrons. The van der Waals surface area contributed by atoms with Gasteiger partial charge in [-0.15, -0.1) is 0 Å². The second kappa shape index (κ2) is 7.62. The third-order valence-electron chi connectivity index (χ3n) is 5.16.